The third-order valence-electron chi connectivity index (χ3n) is 9.18. The topological polar surface area (TPSA) is 220 Å². The number of fused-ring (bicyclic) bond motifs is 1. The number of hydrogen-bond donors (Lipinski definition) is 6. The number of hydrogen-bond acceptors (Lipinski definition) is 10. The molecule has 0 atom stereocenters. The Morgan fingerprint density at radius 2 is 1.54 bits per heavy atom. The van der Waals surface area contributed by atoms with E-state index in [0.717, 1.165) is 75.5 Å². The molecule has 0 radical (unpaired) electrons. The van der Waals surface area contributed by atoms with Gasteiger partial charge in [-0.2, -0.15) is 9.97 Å². The fourth-order valence-corrected chi connectivity index (χ4v) is 6.03. The molecule has 54 heavy (non-hydrogen) atoms. The van der Waals surface area contributed by atoms with Gasteiger partial charge in [0.25, 0.3) is 5.91 Å². The molecule has 0 saturated carbocycles. The SMILES string of the molecule is CCCCOc1nc(N)c2[nH]c(=O)n(Cc3ccc(CN4CCC(CCNC(=O)c5ccc(F)c(N)c5)CC4)cc3)c2n1.Nc1cc(C(=O)O)ccc1F. The van der Waals surface area contributed by atoms with Gasteiger partial charge in [-0.25, -0.2) is 18.4 Å². The molecule has 0 bridgehead atoms. The van der Waals surface area contributed by atoms with Gasteiger partial charge in [-0.3, -0.25) is 14.3 Å². The molecule has 5 aromatic rings. The molecule has 286 valence electrons. The van der Waals surface area contributed by atoms with Crippen LogP contribution in [0.4, 0.5) is 26.0 Å². The number of anilines is 3. The molecule has 1 amide bonds. The lowest BCUT2D eigenvalue weighted by molar-refractivity contribution is 0.0696. The first-order valence-electron chi connectivity index (χ1n) is 17.7. The average Bonchev–Trinajstić information content (AvgIpc) is 3.47. The van der Waals surface area contributed by atoms with Crippen LogP contribution in [0.2, 0.25) is 0 Å². The van der Waals surface area contributed by atoms with Crippen molar-refractivity contribution >= 4 is 40.2 Å². The third-order valence-corrected chi connectivity index (χ3v) is 9.18. The highest BCUT2D eigenvalue weighted by Crippen LogP contribution is 2.23. The summed E-state index contributed by atoms with van der Waals surface area (Å²) in [6, 6.07) is 15.7. The molecule has 6 rings (SSSR count). The Morgan fingerprint density at radius 3 is 2.15 bits per heavy atom. The second-order valence-corrected chi connectivity index (χ2v) is 13.2. The van der Waals surface area contributed by atoms with Gasteiger partial charge >= 0.3 is 17.7 Å². The number of piperidine rings is 1. The third kappa shape index (κ3) is 10.3. The Labute approximate surface area is 310 Å². The number of likely N-dealkylation sites (tertiary alicyclic amines) is 1. The molecule has 14 nitrogen and oxygen atoms in total. The smallest absolute Gasteiger partial charge is 0.335 e. The highest BCUT2D eigenvalue weighted by Gasteiger charge is 2.20. The standard InChI is InChI=1S/C31H39FN8O3.C7H6FNO2/c1-2-3-16-43-30-37-27(34)26-28(38-30)40(31(42)36-26)19-22-6-4-21(5-7-22)18-39-14-11-20(12-15-39)10-13-35-29(41)23-8-9-24(32)25(33)17-23;8-5-2-1-4(7(10)11)3-6(5)9/h4-9,17,20H,2-3,10-16,18-19,33H2,1H3,(H,35,41)(H,36,42)(H2,34,37,38);1-3H,9H2,(H,10,11). The number of imidazole rings is 1. The number of aromatic nitrogens is 4. The first kappa shape index (κ1) is 39.2. The number of benzene rings is 3. The van der Waals surface area contributed by atoms with Crippen LogP contribution >= 0.6 is 0 Å². The highest BCUT2D eigenvalue weighted by atomic mass is 19.1. The van der Waals surface area contributed by atoms with Gasteiger partial charge in [-0.1, -0.05) is 37.6 Å². The van der Waals surface area contributed by atoms with Crippen molar-refractivity contribution in [2.24, 2.45) is 5.92 Å². The number of carbonyl (C=O) groups excluding carboxylic acids is 1. The molecule has 3 aromatic carbocycles. The number of H-pyrrole nitrogens is 1. The van der Waals surface area contributed by atoms with E-state index in [2.05, 4.69) is 44.2 Å². The molecule has 9 N–H and O–H groups in total. The molecule has 1 aliphatic heterocycles. The minimum atomic E-state index is -1.11. The summed E-state index contributed by atoms with van der Waals surface area (Å²) >= 11 is 0. The molecule has 1 fully saturated rings. The number of carboxylic acids is 1. The number of aromatic carboxylic acids is 1. The van der Waals surface area contributed by atoms with Gasteiger partial charge in [-0.05, 0) is 92.2 Å². The predicted octanol–water partition coefficient (Wildman–Crippen LogP) is 4.79. The van der Waals surface area contributed by atoms with E-state index in [0.29, 0.717) is 42.3 Å². The number of aromatic amines is 1. The van der Waals surface area contributed by atoms with Crippen molar-refractivity contribution < 1.29 is 28.2 Å². The zero-order valence-corrected chi connectivity index (χ0v) is 30.0. The molecule has 2 aromatic heterocycles. The van der Waals surface area contributed by atoms with Gasteiger partial charge in [0, 0.05) is 18.7 Å². The Morgan fingerprint density at radius 1 is 0.926 bits per heavy atom. The summed E-state index contributed by atoms with van der Waals surface area (Å²) in [5.74, 6) is -1.74. The summed E-state index contributed by atoms with van der Waals surface area (Å²) in [7, 11) is 0. The molecule has 3 heterocycles. The van der Waals surface area contributed by atoms with Gasteiger partial charge in [-0.15, -0.1) is 0 Å². The second kappa shape index (κ2) is 18.1. The van der Waals surface area contributed by atoms with Crippen LogP contribution in [0.3, 0.4) is 0 Å². The lowest BCUT2D eigenvalue weighted by Crippen LogP contribution is -2.34. The van der Waals surface area contributed by atoms with Crippen molar-refractivity contribution in [1.82, 2.24) is 29.7 Å². The monoisotopic (exact) mass is 745 g/mol. The van der Waals surface area contributed by atoms with E-state index >= 15 is 0 Å². The molecule has 0 spiro atoms. The van der Waals surface area contributed by atoms with Gasteiger partial charge < -0.3 is 37.3 Å². The lowest BCUT2D eigenvalue weighted by atomic mass is 9.93. The maximum absolute atomic E-state index is 13.3. The van der Waals surface area contributed by atoms with E-state index in [-0.39, 0.29) is 40.4 Å². The number of carbonyl (C=O) groups is 2. The van der Waals surface area contributed by atoms with Crippen LogP contribution in [-0.4, -0.2) is 67.6 Å². The Hall–Kier alpha value is -6.03. The summed E-state index contributed by atoms with van der Waals surface area (Å²) < 4.78 is 33.0. The van der Waals surface area contributed by atoms with E-state index in [9.17, 15) is 23.2 Å². The number of amides is 1. The Kier molecular flexibility index (Phi) is 13.2. The normalized spacial score (nSPS) is 13.3. The number of nitrogens with two attached hydrogens (primary N) is 3. The number of nitrogens with zero attached hydrogens (tertiary/aromatic N) is 4. The van der Waals surface area contributed by atoms with Crippen LogP contribution in [0.5, 0.6) is 6.01 Å². The number of rotatable bonds is 13. The van der Waals surface area contributed by atoms with Crippen molar-refractivity contribution in [2.75, 3.05) is 43.4 Å². The van der Waals surface area contributed by atoms with Crippen molar-refractivity contribution in [3.8, 4) is 6.01 Å². The predicted molar refractivity (Wildman–Crippen MR) is 202 cm³/mol. The van der Waals surface area contributed by atoms with Gasteiger partial charge in [0.2, 0.25) is 0 Å². The molecule has 1 aliphatic rings. The zero-order chi connectivity index (χ0) is 38.8. The molecule has 0 unspecified atom stereocenters. The van der Waals surface area contributed by atoms with E-state index in [1.165, 1.54) is 23.8 Å². The van der Waals surface area contributed by atoms with Crippen LogP contribution < -0.4 is 32.9 Å². The lowest BCUT2D eigenvalue weighted by Gasteiger charge is -2.32. The van der Waals surface area contributed by atoms with Gasteiger partial charge in [0.05, 0.1) is 30.1 Å². The first-order valence-corrected chi connectivity index (χ1v) is 17.7. The van der Waals surface area contributed by atoms with Gasteiger partial charge in [0.1, 0.15) is 17.2 Å². The zero-order valence-electron chi connectivity index (χ0n) is 30.0. The van der Waals surface area contributed by atoms with Crippen LogP contribution in [0.15, 0.2) is 65.5 Å². The number of nitrogens with one attached hydrogen (secondary N) is 2. The summed E-state index contributed by atoms with van der Waals surface area (Å²) in [5, 5.41) is 11.3. The van der Waals surface area contributed by atoms with E-state index in [1.807, 2.05) is 12.1 Å². The maximum atomic E-state index is 13.3. The molecular weight excluding hydrogens is 700 g/mol. The summed E-state index contributed by atoms with van der Waals surface area (Å²) in [5.41, 5.74) is 19.7. The molecule has 0 aliphatic carbocycles. The minimum Gasteiger partial charge on any atom is -0.478 e. The number of unbranched alkanes of at least 4 members (excludes halogenated alkanes) is 1. The Balaban J connectivity index is 0.000000438. The summed E-state index contributed by atoms with van der Waals surface area (Å²) in [6.45, 7) is 6.32. The van der Waals surface area contributed by atoms with Crippen LogP contribution in [-0.2, 0) is 13.1 Å². The van der Waals surface area contributed by atoms with Crippen molar-refractivity contribution in [2.45, 2.75) is 52.1 Å². The number of ether oxygens (including phenoxy) is 1. The fourth-order valence-electron chi connectivity index (χ4n) is 6.03. The van der Waals surface area contributed by atoms with E-state index in [1.54, 1.807) is 4.57 Å². The largest absolute Gasteiger partial charge is 0.478 e. The first-order chi connectivity index (χ1) is 25.9. The van der Waals surface area contributed by atoms with Crippen molar-refractivity contribution in [3.05, 3.63) is 105 Å². The quantitative estimate of drug-likeness (QED) is 0.0711. The van der Waals surface area contributed by atoms with E-state index < -0.39 is 17.6 Å². The van der Waals surface area contributed by atoms with Crippen LogP contribution in [0, 0.1) is 17.6 Å². The maximum Gasteiger partial charge on any atom is 0.335 e. The molecular formula is C38H45F2N9O5. The highest BCUT2D eigenvalue weighted by molar-refractivity contribution is 5.95. The summed E-state index contributed by atoms with van der Waals surface area (Å²) in [4.78, 5) is 49.2. The second-order valence-electron chi connectivity index (χ2n) is 13.2. The van der Waals surface area contributed by atoms with Crippen molar-refractivity contribution in [3.63, 3.8) is 0 Å². The van der Waals surface area contributed by atoms with Crippen LogP contribution in [0.1, 0.15) is 70.9 Å². The minimum absolute atomic E-state index is 0.0103. The van der Waals surface area contributed by atoms with Crippen molar-refractivity contribution in [1.29, 1.82) is 0 Å². The van der Waals surface area contributed by atoms with Crippen LogP contribution in [0.25, 0.3) is 11.2 Å². The van der Waals surface area contributed by atoms with Gasteiger partial charge in [0.15, 0.2) is 11.5 Å². The average molecular weight is 746 g/mol. The molecule has 16 heteroatoms. The summed E-state index contributed by atoms with van der Waals surface area (Å²) in [6.07, 6.45) is 4.90. The molecule has 1 saturated heterocycles. The number of halogens is 2. The van der Waals surface area contributed by atoms with E-state index in [4.69, 9.17) is 27.0 Å². The Bertz CT molecular complexity index is 2130. The fraction of sp³-hybridized carbons (Fsp3) is 0.342. The number of nitrogen functional groups attached to an aromatic ring is 3. The number of carboxylic acid groups (broad SMARTS) is 1.